The number of aromatic nitrogens is 1. The van der Waals surface area contributed by atoms with Gasteiger partial charge in [0.25, 0.3) is 5.91 Å². The molecule has 9 nitrogen and oxygen atoms in total. The number of nitrogens with one attached hydrogen (secondary N) is 2. The van der Waals surface area contributed by atoms with Crippen molar-refractivity contribution in [3.63, 3.8) is 0 Å². The molecule has 0 spiro atoms. The van der Waals surface area contributed by atoms with Gasteiger partial charge in [0.1, 0.15) is 5.56 Å². The number of carbonyl (C=O) groups excluding carboxylic acids is 1. The van der Waals surface area contributed by atoms with Gasteiger partial charge in [0.05, 0.1) is 31.5 Å². The van der Waals surface area contributed by atoms with Gasteiger partial charge in [-0.3, -0.25) is 14.5 Å². The van der Waals surface area contributed by atoms with Crippen molar-refractivity contribution in [2.24, 2.45) is 0 Å². The number of halogens is 1. The Morgan fingerprint density at radius 1 is 1.05 bits per heavy atom. The number of amides is 1. The van der Waals surface area contributed by atoms with Crippen LogP contribution in [-0.2, 0) is 34.4 Å². The summed E-state index contributed by atoms with van der Waals surface area (Å²) < 4.78 is 33.2. The number of benzene rings is 2. The van der Waals surface area contributed by atoms with E-state index in [2.05, 4.69) is 14.9 Å². The third-order valence-electron chi connectivity index (χ3n) is 6.46. The smallest absolute Gasteiger partial charge is 0.257 e. The zero-order chi connectivity index (χ0) is 26.2. The zero-order valence-corrected chi connectivity index (χ0v) is 21.9. The second-order valence-corrected chi connectivity index (χ2v) is 11.5. The molecular weight excluding hydrogens is 516 g/mol. The predicted molar refractivity (Wildman–Crippen MR) is 143 cm³/mol. The van der Waals surface area contributed by atoms with E-state index >= 15 is 0 Å². The van der Waals surface area contributed by atoms with Crippen LogP contribution in [0.15, 0.2) is 53.5 Å². The number of nitrogens with zero attached hydrogens (tertiary/aromatic N) is 2. The Hall–Kier alpha value is -3.02. The number of pyridine rings is 1. The second-order valence-electron chi connectivity index (χ2n) is 9.25. The van der Waals surface area contributed by atoms with E-state index in [9.17, 15) is 18.0 Å². The van der Waals surface area contributed by atoms with Crippen molar-refractivity contribution in [1.29, 1.82) is 0 Å². The number of sulfonamides is 1. The molecule has 2 aromatic carbocycles. The number of ether oxygens (including phenoxy) is 1. The van der Waals surface area contributed by atoms with Crippen LogP contribution in [-0.4, -0.2) is 56.2 Å². The van der Waals surface area contributed by atoms with E-state index in [0.29, 0.717) is 41.4 Å². The Labute approximate surface area is 219 Å². The molecule has 11 heteroatoms. The normalized spacial score (nSPS) is 15.0. The van der Waals surface area contributed by atoms with E-state index in [-0.39, 0.29) is 24.1 Å². The molecule has 0 atom stereocenters. The molecule has 1 amide bonds. The van der Waals surface area contributed by atoms with E-state index in [4.69, 9.17) is 16.3 Å². The molecule has 0 radical (unpaired) electrons. The first-order chi connectivity index (χ1) is 17.7. The molecule has 2 N–H and O–H groups in total. The first-order valence-corrected chi connectivity index (χ1v) is 14.2. The van der Waals surface area contributed by atoms with Crippen molar-refractivity contribution in [3.05, 3.63) is 86.3 Å². The Kier molecular flexibility index (Phi) is 7.19. The van der Waals surface area contributed by atoms with Crippen LogP contribution in [0.2, 0.25) is 5.02 Å². The summed E-state index contributed by atoms with van der Waals surface area (Å²) in [5.41, 5.74) is 2.70. The first-order valence-electron chi connectivity index (χ1n) is 11.9. The molecule has 194 valence electrons. The maximum Gasteiger partial charge on any atom is 0.257 e. The third-order valence-corrected chi connectivity index (χ3v) is 7.38. The largest absolute Gasteiger partial charge is 0.379 e. The number of hydrogen-bond acceptors (Lipinski definition) is 6. The molecule has 0 bridgehead atoms. The van der Waals surface area contributed by atoms with Crippen LogP contribution in [0.1, 0.15) is 27.2 Å². The molecule has 3 heterocycles. The van der Waals surface area contributed by atoms with E-state index in [1.807, 2.05) is 18.2 Å². The minimum absolute atomic E-state index is 0.0110. The lowest BCUT2D eigenvalue weighted by Crippen LogP contribution is -2.35. The standard InChI is InChI=1S/C26H27ClN4O5S/c1-37(34,35)29-14-21-12-19-10-18(15-30-6-8-36-9-7-30)11-22-24(19)31(21)16-23(25(22)32)26(33)28-13-17-2-4-20(27)5-3-17/h2-5,10-12,16,29H,6-9,13-15H2,1H3,(H,28,33). The van der Waals surface area contributed by atoms with Crippen molar-refractivity contribution in [1.82, 2.24) is 19.3 Å². The molecule has 0 aliphatic carbocycles. The molecule has 1 saturated heterocycles. The quantitative estimate of drug-likeness (QED) is 0.354. The van der Waals surface area contributed by atoms with E-state index in [1.165, 1.54) is 6.20 Å². The summed E-state index contributed by atoms with van der Waals surface area (Å²) in [5, 5.41) is 4.64. The number of rotatable bonds is 8. The van der Waals surface area contributed by atoms with Crippen molar-refractivity contribution in [2.75, 3.05) is 32.6 Å². The summed E-state index contributed by atoms with van der Waals surface area (Å²) in [5.74, 6) is -0.506. The minimum Gasteiger partial charge on any atom is -0.379 e. The zero-order valence-electron chi connectivity index (χ0n) is 20.3. The highest BCUT2D eigenvalue weighted by Gasteiger charge is 2.21. The van der Waals surface area contributed by atoms with E-state index in [1.54, 1.807) is 28.7 Å². The van der Waals surface area contributed by atoms with Crippen molar-refractivity contribution in [2.45, 2.75) is 19.6 Å². The van der Waals surface area contributed by atoms with Crippen LogP contribution in [0.3, 0.4) is 0 Å². The summed E-state index contributed by atoms with van der Waals surface area (Å²) >= 11 is 5.94. The Bertz CT molecular complexity index is 1610. The molecule has 5 rings (SSSR count). The lowest BCUT2D eigenvalue weighted by Gasteiger charge is -2.26. The maximum absolute atomic E-state index is 13.6. The fraction of sp³-hybridized carbons (Fsp3) is 0.308. The topological polar surface area (TPSA) is 109 Å². The summed E-state index contributed by atoms with van der Waals surface area (Å²) in [6.45, 7) is 3.81. The van der Waals surface area contributed by atoms with Crippen LogP contribution in [0.5, 0.6) is 0 Å². The summed E-state index contributed by atoms with van der Waals surface area (Å²) in [6, 6.07) is 12.8. The van der Waals surface area contributed by atoms with Gasteiger partial charge in [-0.05, 0) is 41.5 Å². The fourth-order valence-electron chi connectivity index (χ4n) is 4.64. The van der Waals surface area contributed by atoms with Crippen LogP contribution < -0.4 is 15.5 Å². The SMILES string of the molecule is CS(=O)(=O)NCc1cc2cc(CN3CCOCC3)cc3c(=O)c(C(=O)NCc4ccc(Cl)cc4)cn1c23. The Morgan fingerprint density at radius 3 is 2.49 bits per heavy atom. The Balaban J connectivity index is 1.55. The summed E-state index contributed by atoms with van der Waals surface area (Å²) in [6.07, 6.45) is 2.59. The molecule has 1 aliphatic heterocycles. The second kappa shape index (κ2) is 10.4. The van der Waals surface area contributed by atoms with Crippen molar-refractivity contribution >= 4 is 43.8 Å². The molecule has 4 aromatic rings. The van der Waals surface area contributed by atoms with Crippen molar-refractivity contribution < 1.29 is 17.9 Å². The lowest BCUT2D eigenvalue weighted by molar-refractivity contribution is 0.0342. The molecule has 2 aromatic heterocycles. The van der Waals surface area contributed by atoms with Crippen LogP contribution in [0, 0.1) is 0 Å². The number of morpholine rings is 1. The van der Waals surface area contributed by atoms with Gasteiger partial charge in [0, 0.05) is 53.9 Å². The van der Waals surface area contributed by atoms with E-state index < -0.39 is 15.9 Å². The molecule has 0 unspecified atom stereocenters. The van der Waals surface area contributed by atoms with Gasteiger partial charge in [0.2, 0.25) is 15.5 Å². The Morgan fingerprint density at radius 2 is 1.78 bits per heavy atom. The maximum atomic E-state index is 13.6. The minimum atomic E-state index is -3.45. The molecule has 1 aliphatic rings. The van der Waals surface area contributed by atoms with Crippen LogP contribution >= 0.6 is 11.6 Å². The molecular formula is C26H27ClN4O5S. The summed E-state index contributed by atoms with van der Waals surface area (Å²) in [7, 11) is -3.45. The van der Waals surface area contributed by atoms with Gasteiger partial charge in [-0.15, -0.1) is 0 Å². The monoisotopic (exact) mass is 542 g/mol. The average molecular weight is 543 g/mol. The highest BCUT2D eigenvalue weighted by atomic mass is 35.5. The van der Waals surface area contributed by atoms with Gasteiger partial charge in [-0.2, -0.15) is 0 Å². The van der Waals surface area contributed by atoms with Gasteiger partial charge in [-0.25, -0.2) is 13.1 Å². The highest BCUT2D eigenvalue weighted by molar-refractivity contribution is 7.88. The van der Waals surface area contributed by atoms with Gasteiger partial charge in [0.15, 0.2) is 0 Å². The van der Waals surface area contributed by atoms with E-state index in [0.717, 1.165) is 35.9 Å². The molecule has 37 heavy (non-hydrogen) atoms. The average Bonchev–Trinajstić information content (AvgIpc) is 3.22. The molecule has 1 fully saturated rings. The first kappa shape index (κ1) is 25.6. The summed E-state index contributed by atoms with van der Waals surface area (Å²) in [4.78, 5) is 29.0. The highest BCUT2D eigenvalue weighted by Crippen LogP contribution is 2.26. The van der Waals surface area contributed by atoms with Crippen molar-refractivity contribution in [3.8, 4) is 0 Å². The number of hydrogen-bond donors (Lipinski definition) is 2. The van der Waals surface area contributed by atoms with Crippen LogP contribution in [0.4, 0.5) is 0 Å². The third kappa shape index (κ3) is 5.78. The molecule has 0 saturated carbocycles. The van der Waals surface area contributed by atoms with Gasteiger partial charge >= 0.3 is 0 Å². The van der Waals surface area contributed by atoms with Crippen LogP contribution in [0.25, 0.3) is 16.3 Å². The lowest BCUT2D eigenvalue weighted by atomic mass is 10.0. The van der Waals surface area contributed by atoms with Gasteiger partial charge < -0.3 is 14.5 Å². The van der Waals surface area contributed by atoms with Gasteiger partial charge in [-0.1, -0.05) is 23.7 Å². The predicted octanol–water partition coefficient (Wildman–Crippen LogP) is 2.36. The number of carbonyl (C=O) groups is 1. The fourth-order valence-corrected chi connectivity index (χ4v) is 5.17.